The number of nitrogens with one attached hydrogen (secondary N) is 1. The molecule has 0 aliphatic carbocycles. The Morgan fingerprint density at radius 2 is 2.21 bits per heavy atom. The first kappa shape index (κ1) is 12.6. The second kappa shape index (κ2) is 5.17. The summed E-state index contributed by atoms with van der Waals surface area (Å²) in [5, 5.41) is 8.96. The van der Waals surface area contributed by atoms with Crippen LogP contribution >= 0.6 is 0 Å². The molecule has 2 aromatic rings. The summed E-state index contributed by atoms with van der Waals surface area (Å²) in [4.78, 5) is 32.2. The normalized spacial score (nSPS) is 9.95. The van der Waals surface area contributed by atoms with Crippen molar-refractivity contribution in [3.05, 3.63) is 40.7 Å². The van der Waals surface area contributed by atoms with E-state index in [2.05, 4.69) is 15.0 Å². The number of ether oxygens (including phenoxy) is 2. The zero-order valence-electron chi connectivity index (χ0n) is 9.78. The third-order valence-corrected chi connectivity index (χ3v) is 2.16. The summed E-state index contributed by atoms with van der Waals surface area (Å²) >= 11 is 0. The molecule has 8 nitrogen and oxygen atoms in total. The number of H-pyrrole nitrogens is 1. The van der Waals surface area contributed by atoms with Gasteiger partial charge in [-0.15, -0.1) is 0 Å². The van der Waals surface area contributed by atoms with Crippen LogP contribution in [0.4, 0.5) is 0 Å². The monoisotopic (exact) mass is 263 g/mol. The minimum atomic E-state index is -1.25. The summed E-state index contributed by atoms with van der Waals surface area (Å²) in [7, 11) is 1.28. The van der Waals surface area contributed by atoms with Crippen molar-refractivity contribution in [3.63, 3.8) is 0 Å². The summed E-state index contributed by atoms with van der Waals surface area (Å²) in [6.45, 7) is 0. The number of aromatic nitrogens is 3. The highest BCUT2D eigenvalue weighted by Gasteiger charge is 2.17. The van der Waals surface area contributed by atoms with Crippen LogP contribution in [0.5, 0.6) is 17.4 Å². The number of aromatic carboxylic acids is 1. The zero-order valence-corrected chi connectivity index (χ0v) is 9.78. The maximum atomic E-state index is 11.4. The standard InChI is InChI=1S/C11H9N3O5/c1-18-8-9(15)13-5-14-10(8)19-6-3-2-4-12-7(6)11(16)17/h2-5H,1H3,(H,16,17)(H,13,14,15). The third-order valence-electron chi connectivity index (χ3n) is 2.16. The summed E-state index contributed by atoms with van der Waals surface area (Å²) in [5.74, 6) is -1.57. The SMILES string of the molecule is COc1c(Oc2cccnc2C(=O)O)nc[nH]c1=O. The molecule has 2 aromatic heterocycles. The van der Waals surface area contributed by atoms with Crippen LogP contribution in [-0.2, 0) is 0 Å². The highest BCUT2D eigenvalue weighted by Crippen LogP contribution is 2.26. The third kappa shape index (κ3) is 2.51. The molecule has 0 unspecified atom stereocenters. The fourth-order valence-electron chi connectivity index (χ4n) is 1.36. The minimum absolute atomic E-state index is 0.0357. The number of hydrogen-bond acceptors (Lipinski definition) is 6. The quantitative estimate of drug-likeness (QED) is 0.832. The van der Waals surface area contributed by atoms with E-state index >= 15 is 0 Å². The van der Waals surface area contributed by atoms with E-state index in [-0.39, 0.29) is 23.1 Å². The van der Waals surface area contributed by atoms with Gasteiger partial charge in [0.1, 0.15) is 0 Å². The largest absolute Gasteiger partial charge is 0.487 e. The van der Waals surface area contributed by atoms with Crippen molar-refractivity contribution in [1.29, 1.82) is 0 Å². The van der Waals surface area contributed by atoms with Crippen LogP contribution in [0.3, 0.4) is 0 Å². The van der Waals surface area contributed by atoms with Crippen molar-refractivity contribution in [1.82, 2.24) is 15.0 Å². The van der Waals surface area contributed by atoms with Crippen molar-refractivity contribution < 1.29 is 19.4 Å². The van der Waals surface area contributed by atoms with Crippen molar-refractivity contribution in [2.75, 3.05) is 7.11 Å². The fraction of sp³-hybridized carbons (Fsp3) is 0.0909. The van der Waals surface area contributed by atoms with Gasteiger partial charge < -0.3 is 19.6 Å². The van der Waals surface area contributed by atoms with Crippen LogP contribution in [0.1, 0.15) is 10.5 Å². The first-order valence-corrected chi connectivity index (χ1v) is 5.11. The average Bonchev–Trinajstić information content (AvgIpc) is 2.39. The number of hydrogen-bond donors (Lipinski definition) is 2. The molecule has 8 heteroatoms. The number of carboxylic acid groups (broad SMARTS) is 1. The molecule has 98 valence electrons. The van der Waals surface area contributed by atoms with E-state index in [0.717, 1.165) is 6.33 Å². The van der Waals surface area contributed by atoms with Crippen LogP contribution < -0.4 is 15.0 Å². The van der Waals surface area contributed by atoms with Gasteiger partial charge in [0.05, 0.1) is 13.4 Å². The lowest BCUT2D eigenvalue weighted by Crippen LogP contribution is -2.11. The smallest absolute Gasteiger partial charge is 0.358 e. The predicted molar refractivity (Wildman–Crippen MR) is 62.7 cm³/mol. The van der Waals surface area contributed by atoms with Crippen LogP contribution in [0.15, 0.2) is 29.5 Å². The number of nitrogens with zero attached hydrogens (tertiary/aromatic N) is 2. The molecule has 2 N–H and O–H groups in total. The van der Waals surface area contributed by atoms with Gasteiger partial charge in [-0.1, -0.05) is 0 Å². The Morgan fingerprint density at radius 1 is 1.42 bits per heavy atom. The molecule has 2 rings (SSSR count). The predicted octanol–water partition coefficient (Wildman–Crippen LogP) is 0.664. The zero-order chi connectivity index (χ0) is 13.8. The van der Waals surface area contributed by atoms with Gasteiger partial charge in [0, 0.05) is 6.20 Å². The van der Waals surface area contributed by atoms with Gasteiger partial charge >= 0.3 is 5.97 Å². The van der Waals surface area contributed by atoms with Gasteiger partial charge in [0.2, 0.25) is 5.75 Å². The summed E-state index contributed by atoms with van der Waals surface area (Å²) in [6, 6.07) is 2.90. The maximum Gasteiger partial charge on any atom is 0.358 e. The number of methoxy groups -OCH3 is 1. The van der Waals surface area contributed by atoms with E-state index in [4.69, 9.17) is 14.6 Å². The van der Waals surface area contributed by atoms with Gasteiger partial charge in [-0.2, -0.15) is 0 Å². The molecular formula is C11H9N3O5. The fourth-order valence-corrected chi connectivity index (χ4v) is 1.36. The summed E-state index contributed by atoms with van der Waals surface area (Å²) < 4.78 is 10.1. The van der Waals surface area contributed by atoms with E-state index in [1.807, 2.05) is 0 Å². The Labute approximate surface area is 106 Å². The topological polar surface area (TPSA) is 114 Å². The molecule has 0 saturated carbocycles. The van der Waals surface area contributed by atoms with E-state index in [9.17, 15) is 9.59 Å². The Hall–Kier alpha value is -2.90. The number of pyridine rings is 1. The molecule has 0 atom stereocenters. The van der Waals surface area contributed by atoms with E-state index in [1.54, 1.807) is 0 Å². The number of rotatable bonds is 4. The molecule has 0 aromatic carbocycles. The summed E-state index contributed by atoms with van der Waals surface area (Å²) in [5.41, 5.74) is -0.820. The molecular weight excluding hydrogens is 254 g/mol. The van der Waals surface area contributed by atoms with E-state index in [1.165, 1.54) is 25.4 Å². The van der Waals surface area contributed by atoms with Crippen molar-refractivity contribution in [2.45, 2.75) is 0 Å². The Kier molecular flexibility index (Phi) is 3.42. The molecule has 0 radical (unpaired) electrons. The van der Waals surface area contributed by atoms with Crippen LogP contribution in [0, 0.1) is 0 Å². The Bertz CT molecular complexity index is 667. The van der Waals surface area contributed by atoms with Gasteiger partial charge in [-0.05, 0) is 12.1 Å². The lowest BCUT2D eigenvalue weighted by atomic mass is 10.3. The lowest BCUT2D eigenvalue weighted by molar-refractivity contribution is 0.0687. The van der Waals surface area contributed by atoms with Gasteiger partial charge in [0.25, 0.3) is 11.4 Å². The summed E-state index contributed by atoms with van der Waals surface area (Å²) in [6.07, 6.45) is 2.44. The first-order valence-electron chi connectivity index (χ1n) is 5.11. The molecule has 19 heavy (non-hydrogen) atoms. The molecule has 0 aliphatic heterocycles. The van der Waals surface area contributed by atoms with Crippen molar-refractivity contribution >= 4 is 5.97 Å². The molecule has 0 aliphatic rings. The molecule has 0 bridgehead atoms. The van der Waals surface area contributed by atoms with Crippen LogP contribution in [-0.4, -0.2) is 33.1 Å². The maximum absolute atomic E-state index is 11.4. The highest BCUT2D eigenvalue weighted by atomic mass is 16.5. The van der Waals surface area contributed by atoms with E-state index in [0.29, 0.717) is 0 Å². The van der Waals surface area contributed by atoms with Gasteiger partial charge in [0.15, 0.2) is 11.4 Å². The molecule has 0 fully saturated rings. The molecule has 0 saturated heterocycles. The second-order valence-electron chi connectivity index (χ2n) is 3.33. The second-order valence-corrected chi connectivity index (χ2v) is 3.33. The average molecular weight is 263 g/mol. The Morgan fingerprint density at radius 3 is 2.89 bits per heavy atom. The first-order chi connectivity index (χ1) is 9.13. The van der Waals surface area contributed by atoms with Gasteiger partial charge in [-0.25, -0.2) is 14.8 Å². The Balaban J connectivity index is 2.45. The van der Waals surface area contributed by atoms with Crippen molar-refractivity contribution in [2.24, 2.45) is 0 Å². The molecule has 0 amide bonds. The van der Waals surface area contributed by atoms with Crippen LogP contribution in [0.25, 0.3) is 0 Å². The number of carbonyl (C=O) groups is 1. The van der Waals surface area contributed by atoms with Crippen LogP contribution in [0.2, 0.25) is 0 Å². The van der Waals surface area contributed by atoms with E-state index < -0.39 is 11.5 Å². The lowest BCUT2D eigenvalue weighted by Gasteiger charge is -2.08. The molecule has 2 heterocycles. The number of carboxylic acids is 1. The van der Waals surface area contributed by atoms with Gasteiger partial charge in [-0.3, -0.25) is 4.79 Å². The molecule has 0 spiro atoms. The minimum Gasteiger partial charge on any atom is -0.487 e. The highest BCUT2D eigenvalue weighted by molar-refractivity contribution is 5.88. The van der Waals surface area contributed by atoms with Crippen molar-refractivity contribution in [3.8, 4) is 17.4 Å². The number of aromatic amines is 1.